The Kier molecular flexibility index (Phi) is 6.00. The zero-order chi connectivity index (χ0) is 21.2. The van der Waals surface area contributed by atoms with Gasteiger partial charge in [-0.1, -0.05) is 19.9 Å². The summed E-state index contributed by atoms with van der Waals surface area (Å²) in [6.07, 6.45) is 2.68. The highest BCUT2D eigenvalue weighted by Crippen LogP contribution is 2.31. The Morgan fingerprint density at radius 3 is 2.62 bits per heavy atom. The molecule has 3 rings (SSSR count). The Balaban J connectivity index is 1.67. The molecule has 29 heavy (non-hydrogen) atoms. The number of hydrogen-bond acceptors (Lipinski definition) is 5. The SMILES string of the molecule is CC(C)(CNC(=O)C(=O)Nc1ccc2c(c1)N(S(C)(=O)=O)CCC2)c1ccsc1. The topological polar surface area (TPSA) is 95.6 Å². The van der Waals surface area contributed by atoms with Crippen LogP contribution >= 0.6 is 11.3 Å². The molecule has 1 aliphatic rings. The molecule has 0 fully saturated rings. The van der Waals surface area contributed by atoms with Crippen LogP contribution < -0.4 is 14.9 Å². The molecule has 0 unspecified atom stereocenters. The van der Waals surface area contributed by atoms with Gasteiger partial charge in [0.15, 0.2) is 0 Å². The molecule has 0 atom stereocenters. The van der Waals surface area contributed by atoms with E-state index in [1.165, 1.54) is 4.31 Å². The van der Waals surface area contributed by atoms with E-state index < -0.39 is 21.8 Å². The summed E-state index contributed by atoms with van der Waals surface area (Å²) in [5.74, 6) is -1.52. The van der Waals surface area contributed by atoms with Crippen LogP contribution in [0, 0.1) is 0 Å². The third kappa shape index (κ3) is 4.97. The van der Waals surface area contributed by atoms with Crippen LogP contribution in [-0.2, 0) is 31.4 Å². The molecule has 0 radical (unpaired) electrons. The van der Waals surface area contributed by atoms with Crippen molar-refractivity contribution in [3.8, 4) is 0 Å². The molecule has 0 aliphatic carbocycles. The first kappa shape index (κ1) is 21.3. The van der Waals surface area contributed by atoms with E-state index in [1.807, 2.05) is 30.7 Å². The monoisotopic (exact) mass is 435 g/mol. The molecule has 1 aromatic carbocycles. The van der Waals surface area contributed by atoms with Crippen molar-refractivity contribution in [1.82, 2.24) is 5.32 Å². The van der Waals surface area contributed by atoms with Crippen molar-refractivity contribution in [2.45, 2.75) is 32.1 Å². The molecule has 0 bridgehead atoms. The third-order valence-electron chi connectivity index (χ3n) is 5.02. The van der Waals surface area contributed by atoms with Gasteiger partial charge in [0.1, 0.15) is 0 Å². The summed E-state index contributed by atoms with van der Waals surface area (Å²) < 4.78 is 25.4. The summed E-state index contributed by atoms with van der Waals surface area (Å²) in [4.78, 5) is 24.6. The molecule has 1 aromatic heterocycles. The van der Waals surface area contributed by atoms with E-state index in [-0.39, 0.29) is 5.41 Å². The first-order valence-corrected chi connectivity index (χ1v) is 12.1. The fourth-order valence-corrected chi connectivity index (χ4v) is 5.12. The van der Waals surface area contributed by atoms with E-state index in [0.29, 0.717) is 24.5 Å². The van der Waals surface area contributed by atoms with Gasteiger partial charge in [-0.05, 0) is 52.9 Å². The summed E-state index contributed by atoms with van der Waals surface area (Å²) >= 11 is 1.58. The Bertz CT molecular complexity index is 1010. The number of hydrogen-bond donors (Lipinski definition) is 2. The normalized spacial score (nSPS) is 14.2. The van der Waals surface area contributed by atoms with E-state index in [0.717, 1.165) is 30.2 Å². The van der Waals surface area contributed by atoms with Crippen LogP contribution in [0.3, 0.4) is 0 Å². The summed E-state index contributed by atoms with van der Waals surface area (Å²) in [6, 6.07) is 7.08. The summed E-state index contributed by atoms with van der Waals surface area (Å²) in [5.41, 5.74) is 2.64. The number of nitrogens with zero attached hydrogens (tertiary/aromatic N) is 1. The van der Waals surface area contributed by atoms with Crippen LogP contribution in [0.5, 0.6) is 0 Å². The van der Waals surface area contributed by atoms with E-state index in [9.17, 15) is 18.0 Å². The lowest BCUT2D eigenvalue weighted by molar-refractivity contribution is -0.136. The second kappa shape index (κ2) is 8.16. The van der Waals surface area contributed by atoms with Gasteiger partial charge in [0.2, 0.25) is 10.0 Å². The van der Waals surface area contributed by atoms with Gasteiger partial charge in [-0.15, -0.1) is 0 Å². The number of rotatable bonds is 5. The molecule has 0 spiro atoms. The second-order valence-electron chi connectivity index (χ2n) is 7.81. The van der Waals surface area contributed by atoms with Crippen molar-refractivity contribution in [1.29, 1.82) is 0 Å². The van der Waals surface area contributed by atoms with Crippen molar-refractivity contribution < 1.29 is 18.0 Å². The van der Waals surface area contributed by atoms with Crippen LogP contribution in [0.15, 0.2) is 35.0 Å². The molecule has 0 saturated heterocycles. The van der Waals surface area contributed by atoms with E-state index in [1.54, 1.807) is 29.5 Å². The highest BCUT2D eigenvalue weighted by Gasteiger charge is 2.26. The zero-order valence-electron chi connectivity index (χ0n) is 16.7. The van der Waals surface area contributed by atoms with Crippen LogP contribution in [0.1, 0.15) is 31.4 Å². The van der Waals surface area contributed by atoms with Crippen LogP contribution in [0.2, 0.25) is 0 Å². The van der Waals surface area contributed by atoms with Gasteiger partial charge in [-0.25, -0.2) is 8.42 Å². The average molecular weight is 436 g/mol. The van der Waals surface area contributed by atoms with Gasteiger partial charge in [0.05, 0.1) is 11.9 Å². The fraction of sp³-hybridized carbons (Fsp3) is 0.400. The predicted octanol–water partition coefficient (Wildman–Crippen LogP) is 2.49. The minimum absolute atomic E-state index is 0.294. The molecule has 9 heteroatoms. The van der Waals surface area contributed by atoms with E-state index in [2.05, 4.69) is 10.6 Å². The van der Waals surface area contributed by atoms with Crippen molar-refractivity contribution in [2.75, 3.05) is 29.0 Å². The average Bonchev–Trinajstić information content (AvgIpc) is 3.20. The van der Waals surface area contributed by atoms with Crippen molar-refractivity contribution in [3.63, 3.8) is 0 Å². The zero-order valence-corrected chi connectivity index (χ0v) is 18.3. The number of aryl methyl sites for hydroxylation is 1. The molecule has 7 nitrogen and oxygen atoms in total. The Labute approximate surface area is 175 Å². The predicted molar refractivity (Wildman–Crippen MR) is 116 cm³/mol. The molecule has 0 saturated carbocycles. The maximum Gasteiger partial charge on any atom is 0.313 e. The number of nitrogens with one attached hydrogen (secondary N) is 2. The van der Waals surface area contributed by atoms with Gasteiger partial charge < -0.3 is 10.6 Å². The lowest BCUT2D eigenvalue weighted by atomic mass is 9.86. The number of benzene rings is 1. The van der Waals surface area contributed by atoms with Crippen molar-refractivity contribution >= 4 is 44.5 Å². The van der Waals surface area contributed by atoms with E-state index >= 15 is 0 Å². The largest absolute Gasteiger partial charge is 0.347 e. The first-order valence-electron chi connectivity index (χ1n) is 9.30. The number of anilines is 2. The molecule has 2 heterocycles. The lowest BCUT2D eigenvalue weighted by Gasteiger charge is -2.29. The van der Waals surface area contributed by atoms with Crippen LogP contribution in [-0.4, -0.2) is 39.6 Å². The lowest BCUT2D eigenvalue weighted by Crippen LogP contribution is -2.42. The molecule has 156 valence electrons. The quantitative estimate of drug-likeness (QED) is 0.706. The first-order chi connectivity index (χ1) is 13.6. The van der Waals surface area contributed by atoms with Gasteiger partial charge >= 0.3 is 11.8 Å². The number of thiophene rings is 1. The maximum absolute atomic E-state index is 12.3. The van der Waals surface area contributed by atoms with Gasteiger partial charge in [-0.3, -0.25) is 13.9 Å². The minimum Gasteiger partial charge on any atom is -0.347 e. The Hall–Kier alpha value is -2.39. The highest BCUT2D eigenvalue weighted by atomic mass is 32.2. The Morgan fingerprint density at radius 1 is 1.21 bits per heavy atom. The Morgan fingerprint density at radius 2 is 1.97 bits per heavy atom. The fourth-order valence-electron chi connectivity index (χ4n) is 3.28. The smallest absolute Gasteiger partial charge is 0.313 e. The number of fused-ring (bicyclic) bond motifs is 1. The number of carbonyl (C=O) groups excluding carboxylic acids is 2. The summed E-state index contributed by atoms with van der Waals surface area (Å²) in [7, 11) is -3.41. The second-order valence-corrected chi connectivity index (χ2v) is 10.5. The van der Waals surface area contributed by atoms with Gasteiger partial charge in [0, 0.05) is 24.2 Å². The number of carbonyl (C=O) groups is 2. The van der Waals surface area contributed by atoms with Crippen LogP contribution in [0.4, 0.5) is 11.4 Å². The maximum atomic E-state index is 12.3. The van der Waals surface area contributed by atoms with Crippen molar-refractivity contribution in [3.05, 3.63) is 46.2 Å². The van der Waals surface area contributed by atoms with Crippen LogP contribution in [0.25, 0.3) is 0 Å². The molecule has 2 N–H and O–H groups in total. The van der Waals surface area contributed by atoms with Gasteiger partial charge in [-0.2, -0.15) is 11.3 Å². The van der Waals surface area contributed by atoms with Gasteiger partial charge in [0.25, 0.3) is 0 Å². The highest BCUT2D eigenvalue weighted by molar-refractivity contribution is 7.92. The molecule has 1 aliphatic heterocycles. The molecular weight excluding hydrogens is 410 g/mol. The number of amides is 2. The van der Waals surface area contributed by atoms with E-state index in [4.69, 9.17) is 0 Å². The molecule has 2 aromatic rings. The summed E-state index contributed by atoms with van der Waals surface area (Å²) in [6.45, 7) is 4.72. The minimum atomic E-state index is -3.41. The van der Waals surface area contributed by atoms with Crippen molar-refractivity contribution in [2.24, 2.45) is 0 Å². The summed E-state index contributed by atoms with van der Waals surface area (Å²) in [5, 5.41) is 9.23. The third-order valence-corrected chi connectivity index (χ3v) is 6.88. The number of sulfonamides is 1. The standard InChI is InChI=1S/C20H25N3O4S2/c1-20(2,15-8-10-28-12-15)13-21-18(24)19(25)22-16-7-6-14-5-4-9-23(17(14)11-16)29(3,26)27/h6-8,10-12H,4-5,9,13H2,1-3H3,(H,21,24)(H,22,25). The molecule has 2 amide bonds. The molecular formula is C20H25N3O4S2.